The molecule has 17 heavy (non-hydrogen) atoms. The van der Waals surface area contributed by atoms with Crippen molar-refractivity contribution in [3.8, 4) is 11.8 Å². The van der Waals surface area contributed by atoms with Gasteiger partial charge in [0.2, 0.25) is 0 Å². The van der Waals surface area contributed by atoms with Crippen molar-refractivity contribution in [1.82, 2.24) is 14.9 Å². The van der Waals surface area contributed by atoms with E-state index in [9.17, 15) is 0 Å². The molecule has 0 spiro atoms. The van der Waals surface area contributed by atoms with E-state index in [4.69, 9.17) is 0 Å². The summed E-state index contributed by atoms with van der Waals surface area (Å²) in [6.45, 7) is 9.37. The van der Waals surface area contributed by atoms with Crippen LogP contribution in [0.5, 0.6) is 0 Å². The fraction of sp³-hybridized carbons (Fsp3) is 0.692. The van der Waals surface area contributed by atoms with Crippen LogP contribution in [-0.2, 0) is 0 Å². The number of rotatable bonds is 6. The van der Waals surface area contributed by atoms with Crippen molar-refractivity contribution in [3.63, 3.8) is 0 Å². The molecule has 1 N–H and O–H groups in total. The molecule has 0 aliphatic heterocycles. The molecular weight excluding hydrogens is 230 g/mol. The summed E-state index contributed by atoms with van der Waals surface area (Å²) in [6.07, 6.45) is 1.96. The third-order valence-corrected chi connectivity index (χ3v) is 3.38. The standard InChI is InChI=1S/C13H21N3S/c1-5-7-8-11(14-9-6-2)13-12(10(3)4)15-16-17-13/h10-11,14H,6,8-9H2,1-4H3. The third kappa shape index (κ3) is 4.10. The van der Waals surface area contributed by atoms with Crippen LogP contribution >= 0.6 is 11.5 Å². The Morgan fingerprint density at radius 1 is 1.41 bits per heavy atom. The molecule has 1 heterocycles. The van der Waals surface area contributed by atoms with Crippen molar-refractivity contribution in [2.24, 2.45) is 0 Å². The van der Waals surface area contributed by atoms with Gasteiger partial charge in [0.25, 0.3) is 0 Å². The van der Waals surface area contributed by atoms with Gasteiger partial charge in [-0.3, -0.25) is 0 Å². The van der Waals surface area contributed by atoms with E-state index in [1.807, 2.05) is 6.92 Å². The second-order valence-corrected chi connectivity index (χ2v) is 5.10. The molecule has 0 aliphatic rings. The molecule has 4 heteroatoms. The Bertz CT molecular complexity index is 387. The minimum atomic E-state index is 0.278. The Kier molecular flexibility index (Phi) is 6.17. The van der Waals surface area contributed by atoms with Crippen LogP contribution in [-0.4, -0.2) is 16.1 Å². The molecule has 0 aliphatic carbocycles. The topological polar surface area (TPSA) is 37.8 Å². The van der Waals surface area contributed by atoms with Crippen molar-refractivity contribution in [3.05, 3.63) is 10.6 Å². The smallest absolute Gasteiger partial charge is 0.0829 e. The molecule has 0 saturated heterocycles. The number of hydrogen-bond acceptors (Lipinski definition) is 4. The van der Waals surface area contributed by atoms with Crippen LogP contribution in [0.3, 0.4) is 0 Å². The van der Waals surface area contributed by atoms with Gasteiger partial charge in [-0.05, 0) is 37.3 Å². The van der Waals surface area contributed by atoms with Gasteiger partial charge in [-0.2, -0.15) is 0 Å². The Hall–Kier alpha value is -0.920. The molecule has 0 radical (unpaired) electrons. The highest BCUT2D eigenvalue weighted by atomic mass is 32.1. The molecule has 0 amide bonds. The lowest BCUT2D eigenvalue weighted by Gasteiger charge is -2.16. The number of nitrogens with one attached hydrogen (secondary N) is 1. The molecule has 0 fully saturated rings. The summed E-state index contributed by atoms with van der Waals surface area (Å²) in [5, 5.41) is 7.76. The first kappa shape index (κ1) is 14.1. The molecule has 0 saturated carbocycles. The third-order valence-electron chi connectivity index (χ3n) is 2.53. The lowest BCUT2D eigenvalue weighted by Crippen LogP contribution is -2.22. The van der Waals surface area contributed by atoms with Gasteiger partial charge in [0, 0.05) is 6.42 Å². The Balaban J connectivity index is 2.85. The zero-order valence-corrected chi connectivity index (χ0v) is 11.9. The van der Waals surface area contributed by atoms with Crippen LogP contribution in [0.1, 0.15) is 63.1 Å². The monoisotopic (exact) mass is 251 g/mol. The molecule has 3 nitrogen and oxygen atoms in total. The van der Waals surface area contributed by atoms with Crippen molar-refractivity contribution in [2.45, 2.75) is 52.5 Å². The van der Waals surface area contributed by atoms with Crippen LogP contribution in [0.2, 0.25) is 0 Å². The Morgan fingerprint density at radius 2 is 2.18 bits per heavy atom. The molecule has 0 bridgehead atoms. The Morgan fingerprint density at radius 3 is 2.76 bits per heavy atom. The zero-order chi connectivity index (χ0) is 12.7. The van der Waals surface area contributed by atoms with Crippen LogP contribution in [0, 0.1) is 11.8 Å². The highest BCUT2D eigenvalue weighted by molar-refractivity contribution is 7.05. The van der Waals surface area contributed by atoms with Crippen LogP contribution in [0.25, 0.3) is 0 Å². The summed E-state index contributed by atoms with van der Waals surface area (Å²) in [7, 11) is 0. The van der Waals surface area contributed by atoms with Crippen molar-refractivity contribution >= 4 is 11.5 Å². The van der Waals surface area contributed by atoms with E-state index in [1.165, 1.54) is 16.4 Å². The Labute approximate surface area is 108 Å². The molecule has 1 rings (SSSR count). The number of hydrogen-bond donors (Lipinski definition) is 1. The van der Waals surface area contributed by atoms with Crippen molar-refractivity contribution in [2.75, 3.05) is 6.54 Å². The maximum absolute atomic E-state index is 4.23. The summed E-state index contributed by atoms with van der Waals surface area (Å²) < 4.78 is 4.08. The first-order chi connectivity index (χ1) is 8.20. The normalized spacial score (nSPS) is 12.3. The minimum absolute atomic E-state index is 0.278. The zero-order valence-electron chi connectivity index (χ0n) is 11.1. The van der Waals surface area contributed by atoms with E-state index in [1.54, 1.807) is 0 Å². The fourth-order valence-corrected chi connectivity index (χ4v) is 2.51. The summed E-state index contributed by atoms with van der Waals surface area (Å²) >= 11 is 1.50. The molecular formula is C13H21N3S. The van der Waals surface area contributed by atoms with Gasteiger partial charge in [0.05, 0.1) is 16.6 Å². The van der Waals surface area contributed by atoms with Gasteiger partial charge in [-0.25, -0.2) is 0 Å². The van der Waals surface area contributed by atoms with Crippen molar-refractivity contribution < 1.29 is 0 Å². The van der Waals surface area contributed by atoms with Gasteiger partial charge in [0.15, 0.2) is 0 Å². The summed E-state index contributed by atoms with van der Waals surface area (Å²) in [4.78, 5) is 1.25. The van der Waals surface area contributed by atoms with Crippen LogP contribution in [0.4, 0.5) is 0 Å². The number of aromatic nitrogens is 2. The van der Waals surface area contributed by atoms with Crippen LogP contribution < -0.4 is 5.32 Å². The van der Waals surface area contributed by atoms with Gasteiger partial charge in [-0.15, -0.1) is 16.9 Å². The summed E-state index contributed by atoms with van der Waals surface area (Å²) in [6, 6.07) is 0.278. The molecule has 1 atom stereocenters. The second kappa shape index (κ2) is 7.41. The second-order valence-electron chi connectivity index (χ2n) is 4.31. The van der Waals surface area contributed by atoms with E-state index in [2.05, 4.69) is 47.5 Å². The van der Waals surface area contributed by atoms with Gasteiger partial charge >= 0.3 is 0 Å². The lowest BCUT2D eigenvalue weighted by atomic mass is 10.0. The summed E-state index contributed by atoms with van der Waals surface area (Å²) in [5.74, 6) is 6.53. The van der Waals surface area contributed by atoms with E-state index in [-0.39, 0.29) is 6.04 Å². The van der Waals surface area contributed by atoms with E-state index >= 15 is 0 Å². The van der Waals surface area contributed by atoms with E-state index in [0.717, 1.165) is 25.1 Å². The minimum Gasteiger partial charge on any atom is -0.308 e. The average Bonchev–Trinajstić information content (AvgIpc) is 2.78. The maximum Gasteiger partial charge on any atom is 0.0829 e. The molecule has 0 aromatic carbocycles. The van der Waals surface area contributed by atoms with Gasteiger partial charge < -0.3 is 5.32 Å². The van der Waals surface area contributed by atoms with Gasteiger partial charge in [0.1, 0.15) is 0 Å². The predicted octanol–water partition coefficient (Wildman–Crippen LogP) is 3.12. The van der Waals surface area contributed by atoms with Crippen molar-refractivity contribution in [1.29, 1.82) is 0 Å². The average molecular weight is 251 g/mol. The predicted molar refractivity (Wildman–Crippen MR) is 73.1 cm³/mol. The van der Waals surface area contributed by atoms with Gasteiger partial charge in [-0.1, -0.05) is 25.3 Å². The summed E-state index contributed by atoms with van der Waals surface area (Å²) in [5.41, 5.74) is 1.11. The first-order valence-electron chi connectivity index (χ1n) is 6.15. The maximum atomic E-state index is 4.23. The quantitative estimate of drug-likeness (QED) is 0.789. The molecule has 1 aromatic heterocycles. The van der Waals surface area contributed by atoms with E-state index < -0.39 is 0 Å². The molecule has 1 unspecified atom stereocenters. The highest BCUT2D eigenvalue weighted by Gasteiger charge is 2.19. The van der Waals surface area contributed by atoms with E-state index in [0.29, 0.717) is 5.92 Å². The highest BCUT2D eigenvalue weighted by Crippen LogP contribution is 2.27. The first-order valence-corrected chi connectivity index (χ1v) is 6.93. The number of nitrogens with zero attached hydrogens (tertiary/aromatic N) is 2. The molecule has 1 aromatic rings. The van der Waals surface area contributed by atoms with Crippen LogP contribution in [0.15, 0.2) is 0 Å². The largest absolute Gasteiger partial charge is 0.308 e. The fourth-order valence-electron chi connectivity index (χ4n) is 1.63. The SMILES string of the molecule is CC#CCC(NCCC)c1snnc1C(C)C. The molecule has 94 valence electrons. The lowest BCUT2D eigenvalue weighted by molar-refractivity contribution is 0.542.